The van der Waals surface area contributed by atoms with Gasteiger partial charge in [-0.15, -0.1) is 0 Å². The van der Waals surface area contributed by atoms with Gasteiger partial charge in [0.05, 0.1) is 12.7 Å². The molecule has 1 aliphatic carbocycles. The summed E-state index contributed by atoms with van der Waals surface area (Å²) in [5.41, 5.74) is 2.59. The molecule has 3 nitrogen and oxygen atoms in total. The van der Waals surface area contributed by atoms with Crippen LogP contribution in [0.5, 0.6) is 5.75 Å². The largest absolute Gasteiger partial charge is 0.493 e. The molecule has 104 valence electrons. The molecule has 1 saturated carbocycles. The Morgan fingerprint density at radius 3 is 3.05 bits per heavy atom. The highest BCUT2D eigenvalue weighted by Crippen LogP contribution is 2.33. The van der Waals surface area contributed by atoms with Crippen LogP contribution in [0.3, 0.4) is 0 Å². The molecule has 1 N–H and O–H groups in total. The summed E-state index contributed by atoms with van der Waals surface area (Å²) in [5.74, 6) is 1.09. The maximum Gasteiger partial charge on any atom is 0.127 e. The van der Waals surface area contributed by atoms with Crippen LogP contribution in [0.1, 0.15) is 30.9 Å². The molecule has 1 heterocycles. The lowest BCUT2D eigenvalue weighted by atomic mass is 9.89. The third kappa shape index (κ3) is 2.96. The monoisotopic (exact) mass is 325 g/mol. The minimum absolute atomic E-state index is 0.465. The number of halogens is 1. The maximum absolute atomic E-state index is 5.74. The molecule has 1 fully saturated rings. The summed E-state index contributed by atoms with van der Waals surface area (Å²) in [5, 5.41) is 3.60. The van der Waals surface area contributed by atoms with Crippen LogP contribution in [-0.2, 0) is 17.7 Å². The molecule has 0 amide bonds. The number of rotatable bonds is 5. The lowest BCUT2D eigenvalue weighted by Gasteiger charge is -2.35. The molecule has 0 bridgehead atoms. The van der Waals surface area contributed by atoms with Crippen molar-refractivity contribution in [2.45, 2.75) is 44.9 Å². The average Bonchev–Trinajstić information content (AvgIpc) is 2.79. The van der Waals surface area contributed by atoms with Gasteiger partial charge in [-0.05, 0) is 37.5 Å². The summed E-state index contributed by atoms with van der Waals surface area (Å²) in [6, 6.07) is 4.92. The van der Waals surface area contributed by atoms with Gasteiger partial charge in [0.2, 0.25) is 0 Å². The number of benzene rings is 1. The SMILES string of the molecule is CCOC1CC(NCc2cc(Br)cc3c2OCC3)C1. The molecule has 4 heteroatoms. The summed E-state index contributed by atoms with van der Waals surface area (Å²) < 4.78 is 12.5. The van der Waals surface area contributed by atoms with Crippen molar-refractivity contribution in [2.24, 2.45) is 0 Å². The van der Waals surface area contributed by atoms with Crippen LogP contribution in [-0.4, -0.2) is 25.4 Å². The summed E-state index contributed by atoms with van der Waals surface area (Å²) >= 11 is 3.58. The minimum Gasteiger partial charge on any atom is -0.493 e. The van der Waals surface area contributed by atoms with E-state index in [1.54, 1.807) is 0 Å². The first kappa shape index (κ1) is 13.4. The van der Waals surface area contributed by atoms with Gasteiger partial charge in [0, 0.05) is 35.7 Å². The van der Waals surface area contributed by atoms with Gasteiger partial charge in [-0.25, -0.2) is 0 Å². The lowest BCUT2D eigenvalue weighted by molar-refractivity contribution is -0.0102. The Morgan fingerprint density at radius 2 is 2.26 bits per heavy atom. The molecule has 1 aromatic carbocycles. The number of hydrogen-bond donors (Lipinski definition) is 1. The van der Waals surface area contributed by atoms with Crippen LogP contribution in [0.2, 0.25) is 0 Å². The van der Waals surface area contributed by atoms with E-state index in [-0.39, 0.29) is 0 Å². The predicted molar refractivity (Wildman–Crippen MR) is 78.6 cm³/mol. The van der Waals surface area contributed by atoms with Crippen LogP contribution in [0, 0.1) is 0 Å². The van der Waals surface area contributed by atoms with Crippen molar-refractivity contribution in [1.29, 1.82) is 0 Å². The van der Waals surface area contributed by atoms with E-state index in [0.717, 1.165) is 49.2 Å². The standard InChI is InChI=1S/C15H20BrNO2/c1-2-18-14-7-13(8-14)17-9-11-6-12(16)5-10-3-4-19-15(10)11/h5-6,13-14,17H,2-4,7-9H2,1H3. The zero-order valence-electron chi connectivity index (χ0n) is 11.2. The van der Waals surface area contributed by atoms with Crippen molar-refractivity contribution in [1.82, 2.24) is 5.32 Å². The minimum atomic E-state index is 0.465. The highest BCUT2D eigenvalue weighted by atomic mass is 79.9. The fraction of sp³-hybridized carbons (Fsp3) is 0.600. The van der Waals surface area contributed by atoms with Crippen LogP contribution in [0.4, 0.5) is 0 Å². The smallest absolute Gasteiger partial charge is 0.127 e. The molecule has 1 aliphatic heterocycles. The Kier molecular flexibility index (Phi) is 4.10. The van der Waals surface area contributed by atoms with Crippen LogP contribution in [0.15, 0.2) is 16.6 Å². The van der Waals surface area contributed by atoms with E-state index in [1.165, 1.54) is 11.1 Å². The fourth-order valence-corrected chi connectivity index (χ4v) is 3.39. The quantitative estimate of drug-likeness (QED) is 0.902. The molecule has 19 heavy (non-hydrogen) atoms. The maximum atomic E-state index is 5.74. The van der Waals surface area contributed by atoms with Gasteiger partial charge in [-0.1, -0.05) is 15.9 Å². The van der Waals surface area contributed by atoms with Crippen molar-refractivity contribution in [3.63, 3.8) is 0 Å². The van der Waals surface area contributed by atoms with Crippen molar-refractivity contribution in [3.8, 4) is 5.75 Å². The van der Waals surface area contributed by atoms with Gasteiger partial charge in [0.1, 0.15) is 5.75 Å². The number of ether oxygens (including phenoxy) is 2. The molecule has 0 atom stereocenters. The van der Waals surface area contributed by atoms with Gasteiger partial charge >= 0.3 is 0 Å². The number of nitrogens with one attached hydrogen (secondary N) is 1. The van der Waals surface area contributed by atoms with Crippen LogP contribution in [0.25, 0.3) is 0 Å². The molecule has 3 rings (SSSR count). The number of fused-ring (bicyclic) bond motifs is 1. The first-order valence-electron chi connectivity index (χ1n) is 7.05. The zero-order valence-corrected chi connectivity index (χ0v) is 12.8. The molecule has 0 spiro atoms. The Bertz CT molecular complexity index is 458. The zero-order chi connectivity index (χ0) is 13.2. The van der Waals surface area contributed by atoms with Crippen molar-refractivity contribution < 1.29 is 9.47 Å². The van der Waals surface area contributed by atoms with E-state index in [2.05, 4.69) is 40.3 Å². The second kappa shape index (κ2) is 5.81. The molecule has 0 aromatic heterocycles. The first-order valence-corrected chi connectivity index (χ1v) is 7.84. The molecule has 2 aliphatic rings. The molecular formula is C15H20BrNO2. The predicted octanol–water partition coefficient (Wildman–Crippen LogP) is 3.04. The molecule has 0 radical (unpaired) electrons. The van der Waals surface area contributed by atoms with Crippen molar-refractivity contribution in [2.75, 3.05) is 13.2 Å². The topological polar surface area (TPSA) is 30.5 Å². The van der Waals surface area contributed by atoms with Gasteiger partial charge < -0.3 is 14.8 Å². The summed E-state index contributed by atoms with van der Waals surface area (Å²) in [7, 11) is 0. The fourth-order valence-electron chi connectivity index (χ4n) is 2.84. The van der Waals surface area contributed by atoms with E-state index in [9.17, 15) is 0 Å². The van der Waals surface area contributed by atoms with Crippen molar-refractivity contribution >= 4 is 15.9 Å². The molecule has 0 unspecified atom stereocenters. The Hall–Kier alpha value is -0.580. The second-order valence-corrected chi connectivity index (χ2v) is 6.19. The van der Waals surface area contributed by atoms with E-state index in [0.29, 0.717) is 12.1 Å². The first-order chi connectivity index (χ1) is 9.26. The van der Waals surface area contributed by atoms with Gasteiger partial charge in [0.25, 0.3) is 0 Å². The normalized spacial score (nSPS) is 24.7. The summed E-state index contributed by atoms with van der Waals surface area (Å²) in [4.78, 5) is 0. The lowest BCUT2D eigenvalue weighted by Crippen LogP contribution is -2.45. The number of hydrogen-bond acceptors (Lipinski definition) is 3. The van der Waals surface area contributed by atoms with E-state index in [4.69, 9.17) is 9.47 Å². The van der Waals surface area contributed by atoms with Gasteiger partial charge in [-0.3, -0.25) is 0 Å². The highest BCUT2D eigenvalue weighted by Gasteiger charge is 2.29. The van der Waals surface area contributed by atoms with E-state index < -0.39 is 0 Å². The summed E-state index contributed by atoms with van der Waals surface area (Å²) in [6.45, 7) is 4.58. The highest BCUT2D eigenvalue weighted by molar-refractivity contribution is 9.10. The average molecular weight is 326 g/mol. The molecule has 1 aromatic rings. The Balaban J connectivity index is 1.56. The van der Waals surface area contributed by atoms with Gasteiger partial charge in [0.15, 0.2) is 0 Å². The molecular weight excluding hydrogens is 306 g/mol. The third-order valence-corrected chi connectivity index (χ3v) is 4.36. The Labute approximate surface area is 122 Å². The van der Waals surface area contributed by atoms with E-state index >= 15 is 0 Å². The second-order valence-electron chi connectivity index (χ2n) is 5.28. The van der Waals surface area contributed by atoms with Gasteiger partial charge in [-0.2, -0.15) is 0 Å². The molecule has 0 saturated heterocycles. The van der Waals surface area contributed by atoms with Crippen molar-refractivity contribution in [3.05, 3.63) is 27.7 Å². The van der Waals surface area contributed by atoms with Crippen LogP contribution < -0.4 is 10.1 Å². The Morgan fingerprint density at radius 1 is 1.42 bits per heavy atom. The van der Waals surface area contributed by atoms with Crippen LogP contribution >= 0.6 is 15.9 Å². The van der Waals surface area contributed by atoms with E-state index in [1.807, 2.05) is 0 Å². The summed E-state index contributed by atoms with van der Waals surface area (Å²) in [6.07, 6.45) is 3.75. The third-order valence-electron chi connectivity index (χ3n) is 3.90.